The van der Waals surface area contributed by atoms with Crippen LogP contribution in [0.4, 0.5) is 11.6 Å². The zero-order valence-corrected chi connectivity index (χ0v) is 15.5. The Balaban J connectivity index is 1.22. The second-order valence-electron chi connectivity index (χ2n) is 7.90. The molecule has 4 heterocycles. The highest BCUT2D eigenvalue weighted by Gasteiger charge is 2.36. The van der Waals surface area contributed by atoms with Gasteiger partial charge >= 0.3 is 0 Å². The van der Waals surface area contributed by atoms with E-state index in [1.807, 2.05) is 35.5 Å². The lowest BCUT2D eigenvalue weighted by molar-refractivity contribution is -0.117. The van der Waals surface area contributed by atoms with Gasteiger partial charge in [0.05, 0.1) is 6.42 Å². The zero-order chi connectivity index (χ0) is 18.2. The van der Waals surface area contributed by atoms with E-state index in [9.17, 15) is 4.79 Å². The number of para-hydroxylation sites is 1. The van der Waals surface area contributed by atoms with Gasteiger partial charge in [-0.25, -0.2) is 9.97 Å². The van der Waals surface area contributed by atoms with E-state index in [0.29, 0.717) is 18.4 Å². The molecule has 0 aliphatic carbocycles. The summed E-state index contributed by atoms with van der Waals surface area (Å²) in [6.07, 6.45) is 6.54. The van der Waals surface area contributed by atoms with Gasteiger partial charge in [0, 0.05) is 56.8 Å². The number of benzene rings is 1. The molecule has 0 saturated carbocycles. The van der Waals surface area contributed by atoms with Gasteiger partial charge in [-0.05, 0) is 36.5 Å². The van der Waals surface area contributed by atoms with Crippen molar-refractivity contribution < 1.29 is 4.79 Å². The van der Waals surface area contributed by atoms with Crippen LogP contribution in [0.15, 0.2) is 42.7 Å². The van der Waals surface area contributed by atoms with Gasteiger partial charge in [0.1, 0.15) is 0 Å². The Morgan fingerprint density at radius 2 is 1.85 bits per heavy atom. The van der Waals surface area contributed by atoms with Crippen molar-refractivity contribution in [2.45, 2.75) is 25.3 Å². The first-order valence-corrected chi connectivity index (χ1v) is 9.92. The zero-order valence-electron chi connectivity index (χ0n) is 15.5. The minimum atomic E-state index is 0.254. The van der Waals surface area contributed by atoms with Crippen LogP contribution in [0.5, 0.6) is 0 Å². The Hall–Kier alpha value is -2.47. The maximum absolute atomic E-state index is 12.5. The average molecular weight is 363 g/mol. The number of carbonyl (C=O) groups excluding carboxylic acids is 1. The van der Waals surface area contributed by atoms with Crippen molar-refractivity contribution in [3.05, 3.63) is 48.3 Å². The van der Waals surface area contributed by atoms with Crippen LogP contribution in [0.2, 0.25) is 0 Å². The molecule has 3 aliphatic heterocycles. The standard InChI is InChI=1S/C21H25N5O/c27-20-12-17-4-1-2-5-19(17)26(20)14-16-6-7-18-15-25(11-10-24(18)13-16)21-22-8-3-9-23-21/h1-5,8-9,16,18H,6-7,10-15H2. The van der Waals surface area contributed by atoms with E-state index >= 15 is 0 Å². The minimum absolute atomic E-state index is 0.254. The van der Waals surface area contributed by atoms with Crippen molar-refractivity contribution in [1.82, 2.24) is 14.9 Å². The van der Waals surface area contributed by atoms with Crippen molar-refractivity contribution in [3.8, 4) is 0 Å². The molecule has 1 amide bonds. The van der Waals surface area contributed by atoms with E-state index in [0.717, 1.165) is 44.4 Å². The molecule has 140 valence electrons. The van der Waals surface area contributed by atoms with Gasteiger partial charge in [-0.2, -0.15) is 0 Å². The number of piperazine rings is 1. The van der Waals surface area contributed by atoms with Gasteiger partial charge in [0.15, 0.2) is 0 Å². The van der Waals surface area contributed by atoms with Crippen LogP contribution in [0.3, 0.4) is 0 Å². The Bertz CT molecular complexity index is 826. The summed E-state index contributed by atoms with van der Waals surface area (Å²) in [5.74, 6) is 1.65. The number of fused-ring (bicyclic) bond motifs is 2. The van der Waals surface area contributed by atoms with Crippen LogP contribution in [0.25, 0.3) is 0 Å². The molecule has 0 radical (unpaired) electrons. The maximum atomic E-state index is 12.5. The molecule has 3 aliphatic rings. The van der Waals surface area contributed by atoms with Crippen molar-refractivity contribution in [1.29, 1.82) is 0 Å². The summed E-state index contributed by atoms with van der Waals surface area (Å²) < 4.78 is 0. The number of hydrogen-bond donors (Lipinski definition) is 0. The molecule has 0 bridgehead atoms. The molecule has 5 rings (SSSR count). The summed E-state index contributed by atoms with van der Waals surface area (Å²) in [6, 6.07) is 10.7. The maximum Gasteiger partial charge on any atom is 0.231 e. The fraction of sp³-hybridized carbons (Fsp3) is 0.476. The number of hydrogen-bond acceptors (Lipinski definition) is 5. The molecule has 1 aromatic carbocycles. The van der Waals surface area contributed by atoms with E-state index < -0.39 is 0 Å². The minimum Gasteiger partial charge on any atom is -0.338 e. The molecule has 2 unspecified atom stereocenters. The summed E-state index contributed by atoms with van der Waals surface area (Å²) in [6.45, 7) is 4.95. The summed E-state index contributed by atoms with van der Waals surface area (Å²) in [4.78, 5) is 28.2. The van der Waals surface area contributed by atoms with Crippen LogP contribution >= 0.6 is 0 Å². The fourth-order valence-electron chi connectivity index (χ4n) is 4.82. The quantitative estimate of drug-likeness (QED) is 0.835. The smallest absolute Gasteiger partial charge is 0.231 e. The number of amides is 1. The van der Waals surface area contributed by atoms with Crippen LogP contribution in [0, 0.1) is 5.92 Å². The molecule has 0 spiro atoms. The second-order valence-corrected chi connectivity index (χ2v) is 7.90. The molecule has 1 aromatic heterocycles. The van der Waals surface area contributed by atoms with Crippen molar-refractivity contribution in [3.63, 3.8) is 0 Å². The fourth-order valence-corrected chi connectivity index (χ4v) is 4.82. The van der Waals surface area contributed by atoms with E-state index in [4.69, 9.17) is 0 Å². The third-order valence-corrected chi connectivity index (χ3v) is 6.21. The molecule has 2 saturated heterocycles. The Morgan fingerprint density at radius 1 is 1.00 bits per heavy atom. The topological polar surface area (TPSA) is 52.6 Å². The number of carbonyl (C=O) groups is 1. The normalized spacial score (nSPS) is 25.4. The number of anilines is 2. The number of piperidine rings is 1. The lowest BCUT2D eigenvalue weighted by atomic mass is 9.90. The predicted octanol–water partition coefficient (Wildman–Crippen LogP) is 1.97. The number of rotatable bonds is 3. The summed E-state index contributed by atoms with van der Waals surface area (Å²) in [5, 5.41) is 0. The molecule has 2 fully saturated rings. The van der Waals surface area contributed by atoms with Gasteiger partial charge in [-0.1, -0.05) is 18.2 Å². The van der Waals surface area contributed by atoms with E-state index in [2.05, 4.69) is 31.9 Å². The van der Waals surface area contributed by atoms with Gasteiger partial charge < -0.3 is 9.80 Å². The molecule has 2 atom stereocenters. The molecule has 0 N–H and O–H groups in total. The monoisotopic (exact) mass is 363 g/mol. The van der Waals surface area contributed by atoms with Crippen LogP contribution in [-0.4, -0.2) is 59.5 Å². The lowest BCUT2D eigenvalue weighted by Crippen LogP contribution is -2.57. The third kappa shape index (κ3) is 3.18. The van der Waals surface area contributed by atoms with Crippen molar-refractivity contribution in [2.75, 3.05) is 42.5 Å². The average Bonchev–Trinajstić information content (AvgIpc) is 3.03. The van der Waals surface area contributed by atoms with E-state index in [1.165, 1.54) is 18.4 Å². The number of aromatic nitrogens is 2. The van der Waals surface area contributed by atoms with E-state index in [-0.39, 0.29) is 5.91 Å². The van der Waals surface area contributed by atoms with Gasteiger partial charge in [-0.3, -0.25) is 9.69 Å². The SMILES string of the molecule is O=C1Cc2ccccc2N1CC1CCC2CN(c3ncccn3)CCN2C1. The van der Waals surface area contributed by atoms with Crippen LogP contribution < -0.4 is 9.80 Å². The summed E-state index contributed by atoms with van der Waals surface area (Å²) in [5.41, 5.74) is 2.29. The molecular formula is C21H25N5O. The van der Waals surface area contributed by atoms with Crippen LogP contribution in [0.1, 0.15) is 18.4 Å². The van der Waals surface area contributed by atoms with E-state index in [1.54, 1.807) is 0 Å². The molecule has 6 heteroatoms. The first-order valence-electron chi connectivity index (χ1n) is 9.92. The van der Waals surface area contributed by atoms with Crippen LogP contribution in [-0.2, 0) is 11.2 Å². The van der Waals surface area contributed by atoms with Gasteiger partial charge in [0.2, 0.25) is 11.9 Å². The first-order chi connectivity index (χ1) is 13.3. The third-order valence-electron chi connectivity index (χ3n) is 6.21. The number of nitrogens with zero attached hydrogens (tertiary/aromatic N) is 5. The highest BCUT2D eigenvalue weighted by Crippen LogP contribution is 2.32. The first kappa shape index (κ1) is 16.7. The second kappa shape index (κ2) is 6.93. The molecule has 6 nitrogen and oxygen atoms in total. The highest BCUT2D eigenvalue weighted by atomic mass is 16.2. The molecule has 2 aromatic rings. The lowest BCUT2D eigenvalue weighted by Gasteiger charge is -2.46. The Kier molecular flexibility index (Phi) is 4.28. The summed E-state index contributed by atoms with van der Waals surface area (Å²) in [7, 11) is 0. The largest absolute Gasteiger partial charge is 0.338 e. The van der Waals surface area contributed by atoms with Gasteiger partial charge in [0.25, 0.3) is 0 Å². The molecule has 27 heavy (non-hydrogen) atoms. The van der Waals surface area contributed by atoms with Crippen molar-refractivity contribution >= 4 is 17.5 Å². The molecular weight excluding hydrogens is 338 g/mol. The Labute approximate surface area is 159 Å². The van der Waals surface area contributed by atoms with Gasteiger partial charge in [-0.15, -0.1) is 0 Å². The summed E-state index contributed by atoms with van der Waals surface area (Å²) >= 11 is 0. The highest BCUT2D eigenvalue weighted by molar-refractivity contribution is 6.01. The predicted molar refractivity (Wildman–Crippen MR) is 105 cm³/mol. The van der Waals surface area contributed by atoms with Crippen molar-refractivity contribution in [2.24, 2.45) is 5.92 Å². The Morgan fingerprint density at radius 3 is 2.74 bits per heavy atom.